The van der Waals surface area contributed by atoms with Gasteiger partial charge < -0.3 is 5.11 Å². The van der Waals surface area contributed by atoms with Gasteiger partial charge in [0.25, 0.3) is 0 Å². The van der Waals surface area contributed by atoms with Crippen LogP contribution in [0.3, 0.4) is 0 Å². The number of pyridine rings is 1. The van der Waals surface area contributed by atoms with E-state index in [1.807, 2.05) is 36.5 Å². The minimum Gasteiger partial charge on any atom is -0.386 e. The summed E-state index contributed by atoms with van der Waals surface area (Å²) in [6.45, 7) is 7.30. The van der Waals surface area contributed by atoms with E-state index in [0.29, 0.717) is 16.7 Å². The molecule has 0 bridgehead atoms. The second kappa shape index (κ2) is 8.00. The molecule has 0 aliphatic heterocycles. The van der Waals surface area contributed by atoms with Gasteiger partial charge in [0.05, 0.1) is 11.3 Å². The molecule has 2 nitrogen and oxygen atoms in total. The summed E-state index contributed by atoms with van der Waals surface area (Å²) < 4.78 is 28.1. The maximum atomic E-state index is 14.2. The Balaban J connectivity index is 1.71. The number of benzene rings is 4. The van der Waals surface area contributed by atoms with E-state index in [0.717, 1.165) is 44.9 Å². The molecule has 0 amide bonds. The maximum Gasteiger partial charge on any atom is 0.159 e. The van der Waals surface area contributed by atoms with Crippen LogP contribution in [-0.4, -0.2) is 10.1 Å². The molecule has 34 heavy (non-hydrogen) atoms. The number of halogens is 2. The van der Waals surface area contributed by atoms with Gasteiger partial charge in [-0.2, -0.15) is 0 Å². The molecule has 0 spiro atoms. The SMILES string of the molecule is Cc1cc(C)cc(-c2nccc3c2ccc2cc(-c4cc(F)c(F)cc4C(C)(C)O)ccc23)c1. The lowest BCUT2D eigenvalue weighted by atomic mass is 9.88. The molecule has 4 heteroatoms. The molecule has 170 valence electrons. The first-order valence-corrected chi connectivity index (χ1v) is 11.2. The highest BCUT2D eigenvalue weighted by molar-refractivity contribution is 6.12. The fourth-order valence-electron chi connectivity index (χ4n) is 4.80. The molecular weight excluding hydrogens is 428 g/mol. The van der Waals surface area contributed by atoms with E-state index in [-0.39, 0.29) is 0 Å². The molecule has 0 saturated heterocycles. The van der Waals surface area contributed by atoms with E-state index >= 15 is 0 Å². The summed E-state index contributed by atoms with van der Waals surface area (Å²) in [4.78, 5) is 4.68. The summed E-state index contributed by atoms with van der Waals surface area (Å²) in [6.07, 6.45) is 1.82. The summed E-state index contributed by atoms with van der Waals surface area (Å²) in [5.41, 5.74) is 4.59. The lowest BCUT2D eigenvalue weighted by molar-refractivity contribution is 0.0787. The van der Waals surface area contributed by atoms with E-state index in [1.165, 1.54) is 11.1 Å². The van der Waals surface area contributed by atoms with Crippen LogP contribution in [0.15, 0.2) is 72.9 Å². The van der Waals surface area contributed by atoms with Crippen LogP contribution in [0, 0.1) is 25.5 Å². The van der Waals surface area contributed by atoms with E-state index in [1.54, 1.807) is 13.8 Å². The van der Waals surface area contributed by atoms with E-state index in [2.05, 4.69) is 43.1 Å². The minimum absolute atomic E-state index is 0.341. The predicted molar refractivity (Wildman–Crippen MR) is 135 cm³/mol. The van der Waals surface area contributed by atoms with Crippen LogP contribution < -0.4 is 0 Å². The third kappa shape index (κ3) is 3.84. The van der Waals surface area contributed by atoms with Crippen molar-refractivity contribution in [1.29, 1.82) is 0 Å². The molecule has 0 radical (unpaired) electrons. The first kappa shape index (κ1) is 22.2. The molecule has 0 saturated carbocycles. The fraction of sp³-hybridized carbons (Fsp3) is 0.167. The Kier molecular flexibility index (Phi) is 5.22. The van der Waals surface area contributed by atoms with Crippen molar-refractivity contribution in [3.05, 3.63) is 101 Å². The zero-order valence-corrected chi connectivity index (χ0v) is 19.6. The zero-order valence-electron chi connectivity index (χ0n) is 19.6. The normalized spacial score (nSPS) is 12.0. The monoisotopic (exact) mass is 453 g/mol. The number of aromatic nitrogens is 1. The van der Waals surface area contributed by atoms with Gasteiger partial charge in [-0.1, -0.05) is 41.5 Å². The van der Waals surface area contributed by atoms with Crippen LogP contribution in [0.25, 0.3) is 43.9 Å². The van der Waals surface area contributed by atoms with Gasteiger partial charge in [-0.25, -0.2) is 8.78 Å². The van der Waals surface area contributed by atoms with Crippen LogP contribution in [0.5, 0.6) is 0 Å². The molecule has 1 heterocycles. The predicted octanol–water partition coefficient (Wildman–Crippen LogP) is 7.84. The lowest BCUT2D eigenvalue weighted by Gasteiger charge is -2.22. The molecule has 4 aromatic carbocycles. The average molecular weight is 454 g/mol. The zero-order chi connectivity index (χ0) is 24.2. The van der Waals surface area contributed by atoms with Gasteiger partial charge in [0.2, 0.25) is 0 Å². The Morgan fingerprint density at radius 2 is 1.38 bits per heavy atom. The fourth-order valence-corrected chi connectivity index (χ4v) is 4.80. The topological polar surface area (TPSA) is 33.1 Å². The van der Waals surface area contributed by atoms with Crippen molar-refractivity contribution in [2.75, 3.05) is 0 Å². The summed E-state index contributed by atoms with van der Waals surface area (Å²) in [7, 11) is 0. The minimum atomic E-state index is -1.32. The molecule has 0 aliphatic carbocycles. The number of rotatable bonds is 3. The van der Waals surface area contributed by atoms with Crippen LogP contribution in [0.4, 0.5) is 8.78 Å². The average Bonchev–Trinajstić information content (AvgIpc) is 2.78. The Morgan fingerprint density at radius 1 is 0.706 bits per heavy atom. The van der Waals surface area contributed by atoms with Gasteiger partial charge in [0.1, 0.15) is 0 Å². The first-order valence-electron chi connectivity index (χ1n) is 11.2. The number of nitrogens with zero attached hydrogens (tertiary/aromatic N) is 1. The highest BCUT2D eigenvalue weighted by atomic mass is 19.2. The van der Waals surface area contributed by atoms with Crippen LogP contribution >= 0.6 is 0 Å². The quantitative estimate of drug-likeness (QED) is 0.282. The number of fused-ring (bicyclic) bond motifs is 3. The van der Waals surface area contributed by atoms with Gasteiger partial charge in [-0.05, 0) is 96.9 Å². The Labute approximate surface area is 197 Å². The van der Waals surface area contributed by atoms with Gasteiger partial charge in [-0.3, -0.25) is 4.98 Å². The molecule has 0 unspecified atom stereocenters. The van der Waals surface area contributed by atoms with Crippen molar-refractivity contribution in [2.45, 2.75) is 33.3 Å². The number of aryl methyl sites for hydroxylation is 2. The Hall–Kier alpha value is -3.63. The number of hydrogen-bond donors (Lipinski definition) is 1. The smallest absolute Gasteiger partial charge is 0.159 e. The van der Waals surface area contributed by atoms with Crippen molar-refractivity contribution in [3.63, 3.8) is 0 Å². The third-order valence-electron chi connectivity index (χ3n) is 6.29. The van der Waals surface area contributed by atoms with Gasteiger partial charge >= 0.3 is 0 Å². The van der Waals surface area contributed by atoms with E-state index < -0.39 is 17.2 Å². The van der Waals surface area contributed by atoms with E-state index in [4.69, 9.17) is 0 Å². The molecule has 5 rings (SSSR count). The summed E-state index contributed by atoms with van der Waals surface area (Å²) in [5.74, 6) is -1.91. The van der Waals surface area contributed by atoms with Crippen LogP contribution in [-0.2, 0) is 5.60 Å². The van der Waals surface area contributed by atoms with Crippen molar-refractivity contribution in [1.82, 2.24) is 4.98 Å². The van der Waals surface area contributed by atoms with Crippen molar-refractivity contribution < 1.29 is 13.9 Å². The van der Waals surface area contributed by atoms with Crippen molar-refractivity contribution in [3.8, 4) is 22.4 Å². The second-order valence-corrected chi connectivity index (χ2v) is 9.50. The largest absolute Gasteiger partial charge is 0.386 e. The molecular formula is C30H25F2NO. The second-order valence-electron chi connectivity index (χ2n) is 9.50. The van der Waals surface area contributed by atoms with Crippen molar-refractivity contribution in [2.24, 2.45) is 0 Å². The number of aliphatic hydroxyl groups is 1. The first-order chi connectivity index (χ1) is 16.1. The third-order valence-corrected chi connectivity index (χ3v) is 6.29. The summed E-state index contributed by atoms with van der Waals surface area (Å²) in [5, 5.41) is 14.7. The van der Waals surface area contributed by atoms with Crippen molar-refractivity contribution >= 4 is 21.5 Å². The molecule has 5 aromatic rings. The number of hydrogen-bond acceptors (Lipinski definition) is 2. The van der Waals surface area contributed by atoms with E-state index in [9.17, 15) is 13.9 Å². The van der Waals surface area contributed by atoms with Crippen LogP contribution in [0.2, 0.25) is 0 Å². The molecule has 0 aliphatic rings. The van der Waals surface area contributed by atoms with Crippen LogP contribution in [0.1, 0.15) is 30.5 Å². The molecule has 0 atom stereocenters. The molecule has 0 fully saturated rings. The Bertz CT molecular complexity index is 1560. The highest BCUT2D eigenvalue weighted by Gasteiger charge is 2.24. The lowest BCUT2D eigenvalue weighted by Crippen LogP contribution is -2.17. The van der Waals surface area contributed by atoms with Gasteiger partial charge in [-0.15, -0.1) is 0 Å². The molecule has 1 aromatic heterocycles. The Morgan fingerprint density at radius 3 is 2.09 bits per heavy atom. The standard InChI is InChI=1S/C30H25F2NO/c1-17-11-18(2)13-21(12-17)29-24-8-6-19-14-20(5-7-22(19)23(24)9-10-33-29)25-15-27(31)28(32)16-26(25)30(3,4)34/h5-16,34H,1-4H3. The summed E-state index contributed by atoms with van der Waals surface area (Å²) in [6, 6.07) is 20.6. The highest BCUT2D eigenvalue weighted by Crippen LogP contribution is 2.37. The summed E-state index contributed by atoms with van der Waals surface area (Å²) >= 11 is 0. The van der Waals surface area contributed by atoms with Gasteiger partial charge in [0.15, 0.2) is 11.6 Å². The molecule has 1 N–H and O–H groups in total. The maximum absolute atomic E-state index is 14.2. The van der Waals surface area contributed by atoms with Gasteiger partial charge in [0, 0.05) is 17.1 Å².